The third-order valence-corrected chi connectivity index (χ3v) is 6.39. The lowest BCUT2D eigenvalue weighted by Gasteiger charge is -2.35. The summed E-state index contributed by atoms with van der Waals surface area (Å²) in [5.74, 6) is 0. The van der Waals surface area contributed by atoms with Gasteiger partial charge in [-0.15, -0.1) is 0 Å². The molecule has 0 aliphatic carbocycles. The van der Waals surface area contributed by atoms with Crippen molar-refractivity contribution in [2.45, 2.75) is 84.0 Å². The molecule has 2 aromatic carbocycles. The van der Waals surface area contributed by atoms with Gasteiger partial charge in [-0.05, 0) is 74.4 Å². The first-order valence-electron chi connectivity index (χ1n) is 12.3. The maximum atomic E-state index is 14.3. The van der Waals surface area contributed by atoms with E-state index in [1.807, 2.05) is 0 Å². The van der Waals surface area contributed by atoms with Gasteiger partial charge in [0.2, 0.25) is 0 Å². The highest BCUT2D eigenvalue weighted by Crippen LogP contribution is 2.33. The summed E-state index contributed by atoms with van der Waals surface area (Å²) >= 11 is 0. The Morgan fingerprint density at radius 2 is 1.05 bits per heavy atom. The Labute approximate surface area is 230 Å². The summed E-state index contributed by atoms with van der Waals surface area (Å²) in [5, 5.41) is 0.841. The number of rotatable bonds is 3. The molecule has 2 aromatic rings. The number of hydrazine groups is 1. The standard InChI is InChI=1S/C27H39N3O8S/c1-25(2,3)36-22(31)29(23(32)37-26(4,5)6)30(24(33)38-27(7,8)9)39(34,35)21-17-13-14-18-19(21)15-12-16-20(18)28(10)11/h12-17H,1-11H3. The van der Waals surface area contributed by atoms with E-state index in [2.05, 4.69) is 0 Å². The summed E-state index contributed by atoms with van der Waals surface area (Å²) in [6.07, 6.45) is -4.39. The van der Waals surface area contributed by atoms with Crippen LogP contribution >= 0.6 is 0 Å². The normalized spacial score (nSPS) is 12.5. The number of sulfonamides is 1. The first kappa shape index (κ1) is 31.7. The van der Waals surface area contributed by atoms with Gasteiger partial charge >= 0.3 is 18.3 Å². The number of nitrogens with zero attached hydrogens (tertiary/aromatic N) is 3. The zero-order valence-electron chi connectivity index (χ0n) is 24.5. The SMILES string of the molecule is CN(C)c1cccc2c(S(=O)(=O)N(C(=O)OC(C)(C)C)N(C(=O)OC(C)(C)C)C(=O)OC(C)(C)C)cccc12. The van der Waals surface area contributed by atoms with Gasteiger partial charge in [0.15, 0.2) is 0 Å². The lowest BCUT2D eigenvalue weighted by molar-refractivity contribution is -0.0438. The van der Waals surface area contributed by atoms with E-state index in [0.29, 0.717) is 11.1 Å². The number of fused-ring (bicyclic) bond motifs is 1. The molecular weight excluding hydrogens is 526 g/mol. The number of anilines is 1. The number of carbonyl (C=O) groups is 3. The summed E-state index contributed by atoms with van der Waals surface area (Å²) in [5.41, 5.74) is -2.78. The Morgan fingerprint density at radius 3 is 1.49 bits per heavy atom. The van der Waals surface area contributed by atoms with Gasteiger partial charge in [-0.2, -0.15) is 8.42 Å². The predicted octanol–water partition coefficient (Wildman–Crippen LogP) is 5.92. The predicted molar refractivity (Wildman–Crippen MR) is 148 cm³/mol. The Kier molecular flexibility index (Phi) is 8.86. The Bertz CT molecular complexity index is 1320. The molecule has 0 unspecified atom stereocenters. The highest BCUT2D eigenvalue weighted by atomic mass is 32.2. The number of hydrogen-bond acceptors (Lipinski definition) is 9. The number of hydrogen-bond donors (Lipinski definition) is 0. The third-order valence-electron chi connectivity index (χ3n) is 4.71. The molecule has 0 bridgehead atoms. The van der Waals surface area contributed by atoms with E-state index in [4.69, 9.17) is 14.2 Å². The Hall–Kier alpha value is -3.54. The molecule has 3 amide bonds. The molecule has 0 spiro atoms. The van der Waals surface area contributed by atoms with Gasteiger partial charge in [0.05, 0.1) is 4.90 Å². The lowest BCUT2D eigenvalue weighted by Crippen LogP contribution is -2.58. The second-order valence-corrected chi connectivity index (χ2v) is 13.8. The third kappa shape index (κ3) is 7.98. The number of amides is 3. The van der Waals surface area contributed by atoms with Crippen molar-refractivity contribution in [2.24, 2.45) is 0 Å². The first-order valence-corrected chi connectivity index (χ1v) is 13.7. The fraction of sp³-hybridized carbons (Fsp3) is 0.519. The number of imide groups is 1. The van der Waals surface area contributed by atoms with Gasteiger partial charge < -0.3 is 19.1 Å². The van der Waals surface area contributed by atoms with E-state index < -0.39 is 45.1 Å². The zero-order chi connectivity index (χ0) is 30.1. The smallest absolute Gasteiger partial charge is 0.442 e. The van der Waals surface area contributed by atoms with Crippen LogP contribution in [0.5, 0.6) is 0 Å². The van der Waals surface area contributed by atoms with E-state index in [-0.39, 0.29) is 19.7 Å². The van der Waals surface area contributed by atoms with Crippen LogP contribution in [-0.2, 0) is 24.2 Å². The Balaban J connectivity index is 2.91. The fourth-order valence-electron chi connectivity index (χ4n) is 3.39. The summed E-state index contributed by atoms with van der Waals surface area (Å²) in [7, 11) is -1.38. The molecule has 0 N–H and O–H groups in total. The van der Waals surface area contributed by atoms with E-state index in [1.165, 1.54) is 74.4 Å². The number of benzene rings is 2. The van der Waals surface area contributed by atoms with Gasteiger partial charge in [-0.25, -0.2) is 14.4 Å². The van der Waals surface area contributed by atoms with Crippen LogP contribution < -0.4 is 4.90 Å². The maximum Gasteiger partial charge on any atom is 0.444 e. The second-order valence-electron chi connectivity index (χ2n) is 12.0. The molecule has 39 heavy (non-hydrogen) atoms. The molecule has 0 saturated carbocycles. The molecule has 0 saturated heterocycles. The largest absolute Gasteiger partial charge is 0.444 e. The van der Waals surface area contributed by atoms with Gasteiger partial charge in [0.25, 0.3) is 10.0 Å². The Morgan fingerprint density at radius 1 is 0.641 bits per heavy atom. The second kappa shape index (κ2) is 10.9. The molecule has 0 fully saturated rings. The van der Waals surface area contributed by atoms with E-state index in [0.717, 1.165) is 0 Å². The van der Waals surface area contributed by atoms with Gasteiger partial charge in [-0.1, -0.05) is 33.7 Å². The van der Waals surface area contributed by atoms with Crippen molar-refractivity contribution in [3.8, 4) is 0 Å². The molecule has 11 nitrogen and oxygen atoms in total. The molecule has 0 aliphatic rings. The van der Waals surface area contributed by atoms with Crippen molar-refractivity contribution in [1.29, 1.82) is 0 Å². The van der Waals surface area contributed by atoms with Crippen molar-refractivity contribution in [3.63, 3.8) is 0 Å². The molecule has 0 heterocycles. The van der Waals surface area contributed by atoms with E-state index >= 15 is 0 Å². The molecule has 0 radical (unpaired) electrons. The quantitative estimate of drug-likeness (QED) is 0.330. The minimum atomic E-state index is -4.98. The molecular formula is C27H39N3O8S. The number of carbonyl (C=O) groups excluding carboxylic acids is 3. The van der Waals surface area contributed by atoms with E-state index in [1.54, 1.807) is 43.3 Å². The summed E-state index contributed by atoms with van der Waals surface area (Å²) in [6.45, 7) is 13.7. The summed E-state index contributed by atoms with van der Waals surface area (Å²) < 4.78 is 44.6. The average Bonchev–Trinajstić information content (AvgIpc) is 2.72. The van der Waals surface area contributed by atoms with Crippen LogP contribution in [0.2, 0.25) is 0 Å². The minimum absolute atomic E-state index is 0.0224. The van der Waals surface area contributed by atoms with Crippen LogP contribution in [0.4, 0.5) is 20.1 Å². The van der Waals surface area contributed by atoms with Crippen LogP contribution in [0.1, 0.15) is 62.3 Å². The van der Waals surface area contributed by atoms with E-state index in [9.17, 15) is 22.8 Å². The summed E-state index contributed by atoms with van der Waals surface area (Å²) in [4.78, 5) is 41.7. The van der Waals surface area contributed by atoms with Crippen molar-refractivity contribution in [2.75, 3.05) is 19.0 Å². The van der Waals surface area contributed by atoms with Gasteiger partial charge in [-0.3, -0.25) is 0 Å². The molecule has 2 rings (SSSR count). The highest BCUT2D eigenvalue weighted by Gasteiger charge is 2.47. The van der Waals surface area contributed by atoms with Crippen LogP contribution in [0.15, 0.2) is 41.3 Å². The van der Waals surface area contributed by atoms with Crippen molar-refractivity contribution >= 4 is 44.8 Å². The molecule has 0 atom stereocenters. The van der Waals surface area contributed by atoms with Crippen LogP contribution in [-0.4, -0.2) is 67.0 Å². The zero-order valence-corrected chi connectivity index (χ0v) is 25.3. The van der Waals surface area contributed by atoms with Gasteiger partial charge in [0.1, 0.15) is 16.8 Å². The topological polar surface area (TPSA) is 123 Å². The highest BCUT2D eigenvalue weighted by molar-refractivity contribution is 7.89. The summed E-state index contributed by atoms with van der Waals surface area (Å²) in [6, 6.07) is 9.53. The molecule has 216 valence electrons. The monoisotopic (exact) mass is 565 g/mol. The first-order chi connectivity index (χ1) is 17.5. The molecule has 0 aromatic heterocycles. The number of ether oxygens (including phenoxy) is 3. The van der Waals surface area contributed by atoms with Gasteiger partial charge in [0, 0.05) is 30.6 Å². The maximum absolute atomic E-state index is 14.3. The average molecular weight is 566 g/mol. The van der Waals surface area contributed by atoms with Crippen molar-refractivity contribution in [1.82, 2.24) is 9.42 Å². The lowest BCUT2D eigenvalue weighted by atomic mass is 10.1. The molecule has 0 aliphatic heterocycles. The van der Waals surface area contributed by atoms with Crippen LogP contribution in [0, 0.1) is 0 Å². The fourth-order valence-corrected chi connectivity index (χ4v) is 4.87. The van der Waals surface area contributed by atoms with Crippen LogP contribution in [0.25, 0.3) is 10.8 Å². The minimum Gasteiger partial charge on any atom is -0.442 e. The van der Waals surface area contributed by atoms with Crippen LogP contribution in [0.3, 0.4) is 0 Å². The van der Waals surface area contributed by atoms with Crippen molar-refractivity contribution in [3.05, 3.63) is 36.4 Å². The van der Waals surface area contributed by atoms with Crippen molar-refractivity contribution < 1.29 is 37.0 Å². The molecule has 12 heteroatoms.